The van der Waals surface area contributed by atoms with Crippen molar-refractivity contribution in [3.8, 4) is 0 Å². The molecular formula is C19H27N3O2. The molecule has 0 N–H and O–H groups in total. The summed E-state index contributed by atoms with van der Waals surface area (Å²) >= 11 is 0. The monoisotopic (exact) mass is 329 g/mol. The van der Waals surface area contributed by atoms with E-state index in [0.29, 0.717) is 13.1 Å². The Morgan fingerprint density at radius 2 is 1.83 bits per heavy atom. The molecule has 0 aromatic heterocycles. The van der Waals surface area contributed by atoms with E-state index in [-0.39, 0.29) is 17.7 Å². The van der Waals surface area contributed by atoms with Gasteiger partial charge in [0.2, 0.25) is 11.8 Å². The SMILES string of the molecule is C=CCN(C(=O)CN1CCC(C(=O)N(C)C)CC1)c1ccccc1. The molecule has 1 heterocycles. The molecule has 2 rings (SSSR count). The standard InChI is InChI=1S/C19H27N3O2/c1-4-12-22(17-8-6-5-7-9-17)18(23)15-21-13-10-16(11-14-21)19(24)20(2)3/h4-9,16H,1,10-15H2,2-3H3. The molecule has 2 amide bonds. The van der Waals surface area contributed by atoms with Gasteiger partial charge in [-0.1, -0.05) is 24.3 Å². The Hall–Kier alpha value is -2.14. The number of amides is 2. The smallest absolute Gasteiger partial charge is 0.241 e. The molecule has 0 saturated carbocycles. The summed E-state index contributed by atoms with van der Waals surface area (Å²) in [6.45, 7) is 6.20. The van der Waals surface area contributed by atoms with E-state index in [9.17, 15) is 9.59 Å². The van der Waals surface area contributed by atoms with Gasteiger partial charge in [0.1, 0.15) is 0 Å². The van der Waals surface area contributed by atoms with Gasteiger partial charge in [-0.25, -0.2) is 0 Å². The van der Waals surface area contributed by atoms with E-state index in [1.54, 1.807) is 30.0 Å². The van der Waals surface area contributed by atoms with Crippen molar-refractivity contribution in [1.82, 2.24) is 9.80 Å². The Balaban J connectivity index is 1.92. The van der Waals surface area contributed by atoms with Gasteiger partial charge in [-0.3, -0.25) is 14.5 Å². The van der Waals surface area contributed by atoms with Gasteiger partial charge in [0.25, 0.3) is 0 Å². The minimum Gasteiger partial charge on any atom is -0.349 e. The summed E-state index contributed by atoms with van der Waals surface area (Å²) in [5.74, 6) is 0.349. The highest BCUT2D eigenvalue weighted by atomic mass is 16.2. The molecule has 0 atom stereocenters. The molecule has 1 aromatic rings. The summed E-state index contributed by atoms with van der Waals surface area (Å²) in [6, 6.07) is 9.66. The number of benzene rings is 1. The number of nitrogens with zero attached hydrogens (tertiary/aromatic N) is 3. The van der Waals surface area contributed by atoms with Crippen LogP contribution < -0.4 is 4.90 Å². The predicted molar refractivity (Wildman–Crippen MR) is 96.9 cm³/mol. The third-order valence-corrected chi connectivity index (χ3v) is 4.42. The Labute approximate surface area is 144 Å². The highest BCUT2D eigenvalue weighted by molar-refractivity contribution is 5.95. The number of para-hydroxylation sites is 1. The summed E-state index contributed by atoms with van der Waals surface area (Å²) in [7, 11) is 3.59. The van der Waals surface area contributed by atoms with Crippen LogP contribution in [0.15, 0.2) is 43.0 Å². The number of hydrogen-bond acceptors (Lipinski definition) is 3. The number of carbonyl (C=O) groups excluding carboxylic acids is 2. The number of anilines is 1. The normalized spacial score (nSPS) is 15.8. The maximum atomic E-state index is 12.7. The fraction of sp³-hybridized carbons (Fsp3) is 0.474. The molecule has 0 unspecified atom stereocenters. The molecule has 1 aliphatic heterocycles. The van der Waals surface area contributed by atoms with Crippen LogP contribution in [0.2, 0.25) is 0 Å². The van der Waals surface area contributed by atoms with Crippen molar-refractivity contribution in [2.24, 2.45) is 5.92 Å². The fourth-order valence-corrected chi connectivity index (χ4v) is 3.07. The molecule has 5 nitrogen and oxygen atoms in total. The lowest BCUT2D eigenvalue weighted by atomic mass is 9.95. The summed E-state index contributed by atoms with van der Waals surface area (Å²) < 4.78 is 0. The molecule has 1 saturated heterocycles. The van der Waals surface area contributed by atoms with Crippen LogP contribution in [0, 0.1) is 5.92 Å². The van der Waals surface area contributed by atoms with Gasteiger partial charge < -0.3 is 9.80 Å². The van der Waals surface area contributed by atoms with Crippen LogP contribution in [0.1, 0.15) is 12.8 Å². The zero-order valence-corrected chi connectivity index (χ0v) is 14.6. The Morgan fingerprint density at radius 3 is 2.38 bits per heavy atom. The molecule has 24 heavy (non-hydrogen) atoms. The van der Waals surface area contributed by atoms with Crippen molar-refractivity contribution >= 4 is 17.5 Å². The quantitative estimate of drug-likeness (QED) is 0.750. The van der Waals surface area contributed by atoms with Gasteiger partial charge in [-0.2, -0.15) is 0 Å². The van der Waals surface area contributed by atoms with Crippen molar-refractivity contribution in [2.45, 2.75) is 12.8 Å². The van der Waals surface area contributed by atoms with Gasteiger partial charge >= 0.3 is 0 Å². The first-order valence-corrected chi connectivity index (χ1v) is 8.42. The molecule has 1 aliphatic rings. The van der Waals surface area contributed by atoms with E-state index in [4.69, 9.17) is 0 Å². The second-order valence-corrected chi connectivity index (χ2v) is 6.41. The molecule has 0 radical (unpaired) electrons. The van der Waals surface area contributed by atoms with Crippen LogP contribution in [0.25, 0.3) is 0 Å². The summed E-state index contributed by atoms with van der Waals surface area (Å²) in [4.78, 5) is 30.3. The van der Waals surface area contributed by atoms with Crippen molar-refractivity contribution < 1.29 is 9.59 Å². The number of piperidine rings is 1. The number of rotatable bonds is 6. The molecule has 1 fully saturated rings. The first-order valence-electron chi connectivity index (χ1n) is 8.42. The van der Waals surface area contributed by atoms with Gasteiger partial charge in [0.05, 0.1) is 6.54 Å². The van der Waals surface area contributed by atoms with Crippen LogP contribution in [0.4, 0.5) is 5.69 Å². The lowest BCUT2D eigenvalue weighted by molar-refractivity contribution is -0.134. The summed E-state index contributed by atoms with van der Waals surface area (Å²) in [5, 5.41) is 0. The van der Waals surface area contributed by atoms with Crippen LogP contribution in [0.5, 0.6) is 0 Å². The second kappa shape index (κ2) is 8.64. The number of likely N-dealkylation sites (tertiary alicyclic amines) is 1. The Kier molecular flexibility index (Phi) is 6.55. The van der Waals surface area contributed by atoms with Gasteiger partial charge in [0, 0.05) is 32.2 Å². The van der Waals surface area contributed by atoms with Crippen molar-refractivity contribution in [1.29, 1.82) is 0 Å². The zero-order chi connectivity index (χ0) is 17.5. The molecule has 0 spiro atoms. The second-order valence-electron chi connectivity index (χ2n) is 6.41. The fourth-order valence-electron chi connectivity index (χ4n) is 3.07. The lowest BCUT2D eigenvalue weighted by Gasteiger charge is -2.33. The molecular weight excluding hydrogens is 302 g/mol. The minimum atomic E-state index is 0.0680. The van der Waals surface area contributed by atoms with E-state index in [2.05, 4.69) is 11.5 Å². The van der Waals surface area contributed by atoms with Crippen LogP contribution in [-0.2, 0) is 9.59 Å². The van der Waals surface area contributed by atoms with Crippen LogP contribution in [-0.4, -0.2) is 61.9 Å². The summed E-state index contributed by atoms with van der Waals surface area (Å²) in [6.07, 6.45) is 3.38. The molecule has 130 valence electrons. The third kappa shape index (κ3) is 4.68. The number of hydrogen-bond donors (Lipinski definition) is 0. The first-order chi connectivity index (χ1) is 11.5. The topological polar surface area (TPSA) is 43.9 Å². The van der Waals surface area contributed by atoms with Crippen molar-refractivity contribution in [3.63, 3.8) is 0 Å². The Bertz CT molecular complexity index is 563. The van der Waals surface area contributed by atoms with Crippen LogP contribution >= 0.6 is 0 Å². The third-order valence-electron chi connectivity index (χ3n) is 4.42. The van der Waals surface area contributed by atoms with Gasteiger partial charge in [0.15, 0.2) is 0 Å². The average molecular weight is 329 g/mol. The van der Waals surface area contributed by atoms with E-state index >= 15 is 0 Å². The largest absolute Gasteiger partial charge is 0.349 e. The van der Waals surface area contributed by atoms with Gasteiger partial charge in [-0.15, -0.1) is 6.58 Å². The molecule has 5 heteroatoms. The van der Waals surface area contributed by atoms with Crippen molar-refractivity contribution in [2.75, 3.05) is 45.2 Å². The highest BCUT2D eigenvalue weighted by Gasteiger charge is 2.27. The molecule has 0 bridgehead atoms. The lowest BCUT2D eigenvalue weighted by Crippen LogP contribution is -2.45. The van der Waals surface area contributed by atoms with Crippen LogP contribution in [0.3, 0.4) is 0 Å². The predicted octanol–water partition coefficient (Wildman–Crippen LogP) is 2.01. The average Bonchev–Trinajstić information content (AvgIpc) is 2.60. The zero-order valence-electron chi connectivity index (χ0n) is 14.6. The first kappa shape index (κ1) is 18.2. The van der Waals surface area contributed by atoms with E-state index in [0.717, 1.165) is 31.6 Å². The maximum absolute atomic E-state index is 12.7. The van der Waals surface area contributed by atoms with Gasteiger partial charge in [-0.05, 0) is 38.1 Å². The minimum absolute atomic E-state index is 0.0680. The Morgan fingerprint density at radius 1 is 1.21 bits per heavy atom. The highest BCUT2D eigenvalue weighted by Crippen LogP contribution is 2.20. The molecule has 0 aliphatic carbocycles. The molecule has 1 aromatic carbocycles. The van der Waals surface area contributed by atoms with Crippen molar-refractivity contribution in [3.05, 3.63) is 43.0 Å². The number of carbonyl (C=O) groups is 2. The van der Waals surface area contributed by atoms with E-state index in [1.807, 2.05) is 30.3 Å². The van der Waals surface area contributed by atoms with E-state index in [1.165, 1.54) is 0 Å². The summed E-state index contributed by atoms with van der Waals surface area (Å²) in [5.41, 5.74) is 0.889. The maximum Gasteiger partial charge on any atom is 0.241 e. The van der Waals surface area contributed by atoms with E-state index < -0.39 is 0 Å².